The molecule has 4 amide bonds. The van der Waals surface area contributed by atoms with Gasteiger partial charge in [0.25, 0.3) is 0 Å². The summed E-state index contributed by atoms with van der Waals surface area (Å²) in [5.74, 6) is 0. The van der Waals surface area contributed by atoms with Crippen molar-refractivity contribution >= 4 is 41.0 Å². The summed E-state index contributed by atoms with van der Waals surface area (Å²) in [7, 11) is 4.14. The Hall–Kier alpha value is -3.75. The molecule has 0 saturated heterocycles. The van der Waals surface area contributed by atoms with Gasteiger partial charge in [-0.15, -0.1) is 0 Å². The summed E-state index contributed by atoms with van der Waals surface area (Å²) < 4.78 is 9.16. The fourth-order valence-corrected chi connectivity index (χ4v) is 2.15. The molecule has 0 saturated carbocycles. The molecule has 0 radical (unpaired) electrons. The fraction of sp³-hybridized carbons (Fsp3) is 0.167. The molecule has 2 rings (SSSR count). The van der Waals surface area contributed by atoms with Gasteiger partial charge in [0.1, 0.15) is 0 Å². The van der Waals surface area contributed by atoms with Gasteiger partial charge in [-0.1, -0.05) is 6.07 Å². The first kappa shape index (κ1) is 19.6. The normalized spacial score (nSPS) is 9.74. The van der Waals surface area contributed by atoms with Gasteiger partial charge < -0.3 is 20.1 Å². The second-order valence-electron chi connectivity index (χ2n) is 5.35. The second kappa shape index (κ2) is 9.09. The highest BCUT2D eigenvalue weighted by Gasteiger charge is 2.11. The number of hydrogen-bond donors (Lipinski definition) is 3. The molecule has 0 spiro atoms. The lowest BCUT2D eigenvalue weighted by molar-refractivity contribution is 0.180. The van der Waals surface area contributed by atoms with Crippen molar-refractivity contribution in [3.05, 3.63) is 48.5 Å². The van der Waals surface area contributed by atoms with Gasteiger partial charge >= 0.3 is 18.2 Å². The average Bonchev–Trinajstić information content (AvgIpc) is 2.67. The van der Waals surface area contributed by atoms with Crippen molar-refractivity contribution in [2.75, 3.05) is 42.1 Å². The van der Waals surface area contributed by atoms with Crippen LogP contribution in [0.25, 0.3) is 0 Å². The topological polar surface area (TPSA) is 109 Å². The molecular formula is C18H20N4O5. The number of amides is 4. The highest BCUT2D eigenvalue weighted by Crippen LogP contribution is 2.19. The van der Waals surface area contributed by atoms with Gasteiger partial charge in [0, 0.05) is 29.8 Å². The summed E-state index contributed by atoms with van der Waals surface area (Å²) in [5, 5.41) is 7.84. The maximum Gasteiger partial charge on any atom is 0.413 e. The number of rotatable bonds is 4. The maximum absolute atomic E-state index is 12.1. The lowest BCUT2D eigenvalue weighted by Gasteiger charge is -2.16. The first-order valence-corrected chi connectivity index (χ1v) is 7.87. The number of nitrogens with zero attached hydrogens (tertiary/aromatic N) is 1. The molecule has 0 atom stereocenters. The predicted molar refractivity (Wildman–Crippen MR) is 102 cm³/mol. The van der Waals surface area contributed by atoms with Gasteiger partial charge in [-0.05, 0) is 42.5 Å². The van der Waals surface area contributed by atoms with E-state index in [9.17, 15) is 14.4 Å². The Morgan fingerprint density at radius 1 is 0.815 bits per heavy atom. The molecule has 27 heavy (non-hydrogen) atoms. The Bertz CT molecular complexity index is 823. The van der Waals surface area contributed by atoms with E-state index in [1.165, 1.54) is 19.1 Å². The van der Waals surface area contributed by atoms with E-state index in [2.05, 4.69) is 25.4 Å². The van der Waals surface area contributed by atoms with Crippen LogP contribution in [0, 0.1) is 0 Å². The summed E-state index contributed by atoms with van der Waals surface area (Å²) in [6.45, 7) is 0. The highest BCUT2D eigenvalue weighted by atomic mass is 16.5. The lowest BCUT2D eigenvalue weighted by atomic mass is 10.2. The predicted octanol–water partition coefficient (Wildman–Crippen LogP) is 3.71. The van der Waals surface area contributed by atoms with Crippen LogP contribution in [0.4, 0.5) is 37.1 Å². The van der Waals surface area contributed by atoms with Gasteiger partial charge in [0.05, 0.1) is 14.2 Å². The van der Waals surface area contributed by atoms with Gasteiger partial charge in [-0.3, -0.25) is 10.2 Å². The number of carbonyl (C=O) groups excluding carboxylic acids is 3. The van der Waals surface area contributed by atoms with Crippen LogP contribution < -0.4 is 20.9 Å². The molecule has 0 aromatic heterocycles. The lowest BCUT2D eigenvalue weighted by Crippen LogP contribution is -2.25. The number of ether oxygens (including phenoxy) is 2. The Kier molecular flexibility index (Phi) is 6.59. The van der Waals surface area contributed by atoms with E-state index in [-0.39, 0.29) is 0 Å². The van der Waals surface area contributed by atoms with Crippen LogP contribution in [-0.2, 0) is 9.47 Å². The molecular weight excluding hydrogens is 352 g/mol. The Balaban J connectivity index is 1.96. The van der Waals surface area contributed by atoms with Crippen LogP contribution in [-0.4, -0.2) is 39.5 Å². The highest BCUT2D eigenvalue weighted by molar-refractivity contribution is 6.00. The third-order valence-corrected chi connectivity index (χ3v) is 3.51. The molecule has 0 fully saturated rings. The van der Waals surface area contributed by atoms with Crippen LogP contribution >= 0.6 is 0 Å². The van der Waals surface area contributed by atoms with E-state index < -0.39 is 18.2 Å². The number of nitrogens with one attached hydrogen (secondary N) is 3. The fourth-order valence-electron chi connectivity index (χ4n) is 2.15. The largest absolute Gasteiger partial charge is 0.453 e. The number of hydrogen-bond acceptors (Lipinski definition) is 5. The molecule has 0 aliphatic heterocycles. The van der Waals surface area contributed by atoms with Crippen molar-refractivity contribution in [2.45, 2.75) is 0 Å². The molecule has 2 aromatic carbocycles. The van der Waals surface area contributed by atoms with E-state index in [4.69, 9.17) is 0 Å². The summed E-state index contributed by atoms with van der Waals surface area (Å²) in [5.41, 5.74) is 2.13. The number of carbonyl (C=O) groups is 3. The molecule has 0 unspecified atom stereocenters. The van der Waals surface area contributed by atoms with E-state index in [0.717, 1.165) is 0 Å². The molecule has 3 N–H and O–H groups in total. The molecule has 142 valence electrons. The summed E-state index contributed by atoms with van der Waals surface area (Å²) in [4.78, 5) is 36.2. The van der Waals surface area contributed by atoms with Crippen molar-refractivity contribution in [2.24, 2.45) is 0 Å². The Morgan fingerprint density at radius 2 is 1.41 bits per heavy atom. The third kappa shape index (κ3) is 5.63. The van der Waals surface area contributed by atoms with Crippen molar-refractivity contribution in [1.29, 1.82) is 0 Å². The summed E-state index contributed by atoms with van der Waals surface area (Å²) in [6, 6.07) is 12.8. The van der Waals surface area contributed by atoms with E-state index >= 15 is 0 Å². The zero-order chi connectivity index (χ0) is 19.8. The van der Waals surface area contributed by atoms with Gasteiger partial charge in [-0.2, -0.15) is 0 Å². The Morgan fingerprint density at radius 3 is 2.00 bits per heavy atom. The van der Waals surface area contributed by atoms with E-state index in [1.807, 2.05) is 0 Å². The quantitative estimate of drug-likeness (QED) is 0.758. The summed E-state index contributed by atoms with van der Waals surface area (Å²) in [6.07, 6.45) is -1.09. The minimum Gasteiger partial charge on any atom is -0.453 e. The third-order valence-electron chi connectivity index (χ3n) is 3.51. The number of methoxy groups -OCH3 is 2. The molecule has 0 aliphatic rings. The standard InChI is InChI=1S/C18H20N4O5/c1-22(18(25)27-3)15-9-7-12(8-10-15)19-16(23)20-13-5-4-6-14(11-13)21-17(24)26-2/h4-11H,1-3H3,(H,21,24)(H2,19,20,23). The SMILES string of the molecule is COC(=O)Nc1cccc(NC(=O)Nc2ccc(N(C)C(=O)OC)cc2)c1. The second-order valence-corrected chi connectivity index (χ2v) is 5.35. The van der Waals surface area contributed by atoms with E-state index in [0.29, 0.717) is 22.7 Å². The molecule has 0 bridgehead atoms. The minimum absolute atomic E-state index is 0.459. The molecule has 9 nitrogen and oxygen atoms in total. The zero-order valence-electron chi connectivity index (χ0n) is 15.1. The van der Waals surface area contributed by atoms with Gasteiger partial charge in [0.2, 0.25) is 0 Å². The minimum atomic E-state index is -0.603. The average molecular weight is 372 g/mol. The van der Waals surface area contributed by atoms with Gasteiger partial charge in [-0.25, -0.2) is 14.4 Å². The van der Waals surface area contributed by atoms with Crippen LogP contribution in [0.15, 0.2) is 48.5 Å². The molecule has 2 aromatic rings. The monoisotopic (exact) mass is 372 g/mol. The number of benzene rings is 2. The van der Waals surface area contributed by atoms with Crippen LogP contribution in [0.5, 0.6) is 0 Å². The maximum atomic E-state index is 12.1. The van der Waals surface area contributed by atoms with Crippen molar-refractivity contribution in [1.82, 2.24) is 0 Å². The van der Waals surface area contributed by atoms with Crippen LogP contribution in [0.1, 0.15) is 0 Å². The molecule has 9 heteroatoms. The van der Waals surface area contributed by atoms with Crippen LogP contribution in [0.3, 0.4) is 0 Å². The summed E-state index contributed by atoms with van der Waals surface area (Å²) >= 11 is 0. The molecule has 0 heterocycles. The van der Waals surface area contributed by atoms with Crippen molar-refractivity contribution in [3.63, 3.8) is 0 Å². The van der Waals surface area contributed by atoms with Crippen LogP contribution in [0.2, 0.25) is 0 Å². The van der Waals surface area contributed by atoms with Crippen molar-refractivity contribution < 1.29 is 23.9 Å². The number of urea groups is 1. The van der Waals surface area contributed by atoms with Gasteiger partial charge in [0.15, 0.2) is 0 Å². The first-order valence-electron chi connectivity index (χ1n) is 7.87. The van der Waals surface area contributed by atoms with E-state index in [1.54, 1.807) is 55.6 Å². The number of anilines is 4. The van der Waals surface area contributed by atoms with Crippen molar-refractivity contribution in [3.8, 4) is 0 Å². The first-order chi connectivity index (χ1) is 12.9. The smallest absolute Gasteiger partial charge is 0.413 e. The molecule has 0 aliphatic carbocycles. The zero-order valence-corrected chi connectivity index (χ0v) is 15.1. The Labute approximate surface area is 156 Å².